The maximum Gasteiger partial charge on any atom is 0.216 e. The van der Waals surface area contributed by atoms with Gasteiger partial charge in [-0.05, 0) is 57.0 Å². The third-order valence-corrected chi connectivity index (χ3v) is 22.5. The molecule has 0 bridgehead atoms. The number of rotatable bonds is 11. The first-order chi connectivity index (χ1) is 11.4. The van der Waals surface area contributed by atoms with E-state index in [0.29, 0.717) is 5.73 Å². The lowest BCUT2D eigenvalue weighted by Gasteiger charge is -2.52. The highest BCUT2D eigenvalue weighted by Gasteiger charge is 2.53. The Kier molecular flexibility index (Phi) is 9.13. The molecule has 3 unspecified atom stereocenters. The van der Waals surface area contributed by atoms with Gasteiger partial charge in [0.2, 0.25) is 8.32 Å². The largest absolute Gasteiger partial charge is 0.415 e. The van der Waals surface area contributed by atoms with Crippen molar-refractivity contribution in [3.8, 4) is 0 Å². The fraction of sp³-hybridized carbons (Fsp3) is 1.00. The minimum absolute atomic E-state index is 0.136. The Morgan fingerprint density at radius 2 is 1.23 bits per heavy atom. The standard InChI is InChI=1S/C21H50O2Si3/c1-15-18(4)24(9,10)19(5)22-26(13,14)21(8,17-3)23-25(11,12)20(6,7)16-2/h18-19H,15-17H2,1-14H3. The first-order valence-electron chi connectivity index (χ1n) is 10.8. The zero-order valence-electron chi connectivity index (χ0n) is 20.6. The van der Waals surface area contributed by atoms with Crippen molar-refractivity contribution in [2.75, 3.05) is 0 Å². The molecule has 0 aliphatic rings. The topological polar surface area (TPSA) is 18.5 Å². The van der Waals surface area contributed by atoms with Crippen molar-refractivity contribution in [1.82, 2.24) is 0 Å². The predicted octanol–water partition coefficient (Wildman–Crippen LogP) is 7.76. The highest BCUT2D eigenvalue weighted by atomic mass is 28.4. The summed E-state index contributed by atoms with van der Waals surface area (Å²) in [7, 11) is -5.34. The number of hydrogen-bond acceptors (Lipinski definition) is 2. The minimum Gasteiger partial charge on any atom is -0.415 e. The van der Waals surface area contributed by atoms with Crippen LogP contribution < -0.4 is 0 Å². The molecule has 0 aromatic rings. The van der Waals surface area contributed by atoms with Crippen molar-refractivity contribution >= 4 is 24.7 Å². The SMILES string of the molecule is CCC(C)[Si](C)(C)C(C)O[Si](C)(C)C(C)(CC)O[Si](C)(C)C(C)(C)CC. The van der Waals surface area contributed by atoms with Crippen LogP contribution in [0.1, 0.15) is 74.7 Å². The molecular formula is C21H50O2Si3. The van der Waals surface area contributed by atoms with Crippen molar-refractivity contribution < 1.29 is 8.85 Å². The Morgan fingerprint density at radius 3 is 1.58 bits per heavy atom. The summed E-state index contributed by atoms with van der Waals surface area (Å²) in [5.41, 5.74) is 1.15. The zero-order valence-corrected chi connectivity index (χ0v) is 23.6. The van der Waals surface area contributed by atoms with Gasteiger partial charge in [0.05, 0.1) is 13.3 Å². The van der Waals surface area contributed by atoms with Crippen LogP contribution in [0.4, 0.5) is 0 Å². The maximum atomic E-state index is 7.09. The molecule has 0 radical (unpaired) electrons. The lowest BCUT2D eigenvalue weighted by molar-refractivity contribution is 0.102. The van der Waals surface area contributed by atoms with E-state index in [9.17, 15) is 0 Å². The van der Waals surface area contributed by atoms with Gasteiger partial charge in [-0.2, -0.15) is 0 Å². The smallest absolute Gasteiger partial charge is 0.216 e. The molecule has 0 amide bonds. The van der Waals surface area contributed by atoms with E-state index in [4.69, 9.17) is 8.85 Å². The van der Waals surface area contributed by atoms with E-state index in [2.05, 4.69) is 94.7 Å². The summed E-state index contributed by atoms with van der Waals surface area (Å²) in [6, 6.07) is 0. The second kappa shape index (κ2) is 8.93. The van der Waals surface area contributed by atoms with E-state index in [1.54, 1.807) is 0 Å². The van der Waals surface area contributed by atoms with Crippen LogP contribution in [-0.4, -0.2) is 35.7 Å². The second-order valence-corrected chi connectivity index (χ2v) is 25.2. The van der Waals surface area contributed by atoms with E-state index in [1.165, 1.54) is 12.8 Å². The van der Waals surface area contributed by atoms with Crippen LogP contribution in [0.3, 0.4) is 0 Å². The Morgan fingerprint density at radius 1 is 0.769 bits per heavy atom. The molecule has 158 valence electrons. The summed E-state index contributed by atoms with van der Waals surface area (Å²) in [5.74, 6) is 0. The molecule has 0 rings (SSSR count). The molecule has 0 saturated heterocycles. The van der Waals surface area contributed by atoms with E-state index in [0.717, 1.165) is 12.0 Å². The van der Waals surface area contributed by atoms with Gasteiger partial charge < -0.3 is 8.85 Å². The van der Waals surface area contributed by atoms with Gasteiger partial charge in [-0.3, -0.25) is 0 Å². The van der Waals surface area contributed by atoms with Gasteiger partial charge in [0.15, 0.2) is 8.32 Å². The quantitative estimate of drug-likeness (QED) is 0.319. The van der Waals surface area contributed by atoms with Crippen LogP contribution in [0, 0.1) is 0 Å². The summed E-state index contributed by atoms with van der Waals surface area (Å²) < 4.78 is 14.1. The van der Waals surface area contributed by atoms with E-state index in [-0.39, 0.29) is 10.3 Å². The van der Waals surface area contributed by atoms with Crippen molar-refractivity contribution in [3.05, 3.63) is 0 Å². The van der Waals surface area contributed by atoms with Crippen LogP contribution >= 0.6 is 0 Å². The monoisotopic (exact) mass is 418 g/mol. The van der Waals surface area contributed by atoms with Crippen LogP contribution in [0.5, 0.6) is 0 Å². The van der Waals surface area contributed by atoms with Gasteiger partial charge in [0.25, 0.3) is 0 Å². The molecule has 0 aromatic carbocycles. The predicted molar refractivity (Wildman–Crippen MR) is 127 cm³/mol. The van der Waals surface area contributed by atoms with Crippen molar-refractivity contribution in [2.24, 2.45) is 0 Å². The van der Waals surface area contributed by atoms with Crippen LogP contribution in [0.25, 0.3) is 0 Å². The molecule has 0 fully saturated rings. The molecule has 2 nitrogen and oxygen atoms in total. The second-order valence-electron chi connectivity index (χ2n) is 10.8. The Balaban J connectivity index is 5.63. The van der Waals surface area contributed by atoms with Gasteiger partial charge in [0.1, 0.15) is 0 Å². The summed E-state index contributed by atoms with van der Waals surface area (Å²) in [6.07, 6.45) is 3.45. The molecule has 0 spiro atoms. The highest BCUT2D eigenvalue weighted by Crippen LogP contribution is 2.45. The molecule has 0 N–H and O–H groups in total. The van der Waals surface area contributed by atoms with E-state index in [1.807, 2.05) is 0 Å². The highest BCUT2D eigenvalue weighted by molar-refractivity contribution is 6.82. The fourth-order valence-electron chi connectivity index (χ4n) is 3.39. The lowest BCUT2D eigenvalue weighted by Crippen LogP contribution is -2.64. The third kappa shape index (κ3) is 5.56. The van der Waals surface area contributed by atoms with Gasteiger partial charge >= 0.3 is 0 Å². The maximum absolute atomic E-state index is 7.09. The van der Waals surface area contributed by atoms with Crippen molar-refractivity contribution in [3.63, 3.8) is 0 Å². The average molecular weight is 419 g/mol. The number of hydrogen-bond donors (Lipinski definition) is 0. The summed E-state index contributed by atoms with van der Waals surface area (Å²) in [5, 5.41) is 0.133. The van der Waals surface area contributed by atoms with Crippen molar-refractivity contribution in [1.29, 1.82) is 0 Å². The van der Waals surface area contributed by atoms with Crippen LogP contribution in [0.15, 0.2) is 0 Å². The molecule has 0 aliphatic carbocycles. The van der Waals surface area contributed by atoms with E-state index < -0.39 is 24.7 Å². The molecule has 0 aromatic heterocycles. The molecular weight excluding hydrogens is 368 g/mol. The van der Waals surface area contributed by atoms with Crippen LogP contribution in [-0.2, 0) is 8.85 Å². The third-order valence-electron chi connectivity index (χ3n) is 8.34. The summed E-state index contributed by atoms with van der Waals surface area (Å²) >= 11 is 0. The molecule has 3 atom stereocenters. The summed E-state index contributed by atoms with van der Waals surface area (Å²) in [4.78, 5) is 0. The molecule has 0 heterocycles. The molecule has 5 heteroatoms. The zero-order chi connectivity index (χ0) is 21.2. The fourth-order valence-corrected chi connectivity index (χ4v) is 13.5. The molecule has 26 heavy (non-hydrogen) atoms. The first-order valence-corrected chi connectivity index (χ1v) is 19.8. The average Bonchev–Trinajstić information content (AvgIpc) is 2.52. The normalized spacial score (nSPS) is 19.2. The lowest BCUT2D eigenvalue weighted by atomic mass is 10.1. The van der Waals surface area contributed by atoms with E-state index >= 15 is 0 Å². The van der Waals surface area contributed by atoms with Gasteiger partial charge in [-0.15, -0.1) is 0 Å². The summed E-state index contributed by atoms with van der Waals surface area (Å²) in [6.45, 7) is 33.3. The molecule has 0 saturated carbocycles. The first kappa shape index (κ1) is 26.6. The molecule has 0 aliphatic heterocycles. The van der Waals surface area contributed by atoms with Gasteiger partial charge in [-0.1, -0.05) is 67.5 Å². The Bertz CT molecular complexity index is 447. The van der Waals surface area contributed by atoms with Gasteiger partial charge in [-0.25, -0.2) is 0 Å². The Hall–Kier alpha value is 0.571. The minimum atomic E-state index is -2.04. The van der Waals surface area contributed by atoms with Crippen molar-refractivity contribution in [2.45, 2.75) is 135 Å². The van der Waals surface area contributed by atoms with Crippen LogP contribution in [0.2, 0.25) is 49.9 Å². The van der Waals surface area contributed by atoms with Gasteiger partial charge in [0, 0.05) is 5.73 Å². The Labute approximate surface area is 169 Å².